The van der Waals surface area contributed by atoms with Gasteiger partial charge in [0.05, 0.1) is 18.3 Å². The first-order valence-electron chi connectivity index (χ1n) is 14.5. The highest BCUT2D eigenvalue weighted by Gasteiger charge is 2.25. The number of aromatic nitrogens is 1. The van der Waals surface area contributed by atoms with Crippen molar-refractivity contribution in [1.29, 1.82) is 0 Å². The molecule has 1 aromatic heterocycles. The molecule has 1 heterocycles. The molecule has 7 heteroatoms. The maximum Gasteiger partial charge on any atom is 0.333 e. The van der Waals surface area contributed by atoms with Crippen molar-refractivity contribution in [3.05, 3.63) is 99.0 Å². The molecule has 1 amide bonds. The minimum absolute atomic E-state index is 0.0672. The highest BCUT2D eigenvalue weighted by molar-refractivity contribution is 7.09. The minimum atomic E-state index is -0.318. The van der Waals surface area contributed by atoms with Crippen LogP contribution in [0.5, 0.6) is 5.75 Å². The zero-order valence-corrected chi connectivity index (χ0v) is 25.0. The van der Waals surface area contributed by atoms with Crippen molar-refractivity contribution in [3.63, 3.8) is 0 Å². The summed E-state index contributed by atoms with van der Waals surface area (Å²) in [6.45, 7) is 6.34. The van der Waals surface area contributed by atoms with E-state index in [4.69, 9.17) is 14.5 Å². The van der Waals surface area contributed by atoms with Crippen LogP contribution in [-0.4, -0.2) is 23.5 Å². The molecule has 3 aromatic rings. The van der Waals surface area contributed by atoms with Crippen molar-refractivity contribution >= 4 is 29.3 Å². The van der Waals surface area contributed by atoms with Gasteiger partial charge in [0.2, 0.25) is 5.91 Å². The van der Waals surface area contributed by atoms with E-state index in [1.165, 1.54) is 6.42 Å². The number of nitrogens with one attached hydrogen (secondary N) is 1. The number of thiazole rings is 1. The molecule has 0 bridgehead atoms. The van der Waals surface area contributed by atoms with Crippen LogP contribution in [0.4, 0.5) is 0 Å². The normalized spacial score (nSPS) is 15.3. The fraction of sp³-hybridized carbons (Fsp3) is 0.382. The van der Waals surface area contributed by atoms with E-state index >= 15 is 0 Å². The highest BCUT2D eigenvalue weighted by Crippen LogP contribution is 2.28. The Labute approximate surface area is 247 Å². The number of allylic oxidation sites excluding steroid dienone is 2. The van der Waals surface area contributed by atoms with E-state index in [0.29, 0.717) is 25.2 Å². The number of benzene rings is 2. The predicted octanol–water partition coefficient (Wildman–Crippen LogP) is 7.62. The Balaban J connectivity index is 1.47. The number of ether oxygens (including phenoxy) is 2. The van der Waals surface area contributed by atoms with Crippen LogP contribution in [0, 0.1) is 5.92 Å². The summed E-state index contributed by atoms with van der Waals surface area (Å²) >= 11 is 1.54. The van der Waals surface area contributed by atoms with Gasteiger partial charge in [-0.15, -0.1) is 11.3 Å². The summed E-state index contributed by atoms with van der Waals surface area (Å²) in [5, 5.41) is 6.18. The summed E-state index contributed by atoms with van der Waals surface area (Å²) in [6.07, 6.45) is 9.70. The summed E-state index contributed by atoms with van der Waals surface area (Å²) in [6, 6.07) is 17.9. The van der Waals surface area contributed by atoms with Crippen molar-refractivity contribution < 1.29 is 19.1 Å². The number of amides is 1. The van der Waals surface area contributed by atoms with E-state index in [9.17, 15) is 9.59 Å². The van der Waals surface area contributed by atoms with Gasteiger partial charge in [0.25, 0.3) is 0 Å². The first kappa shape index (κ1) is 30.3. The lowest BCUT2D eigenvalue weighted by Gasteiger charge is -2.24. The smallest absolute Gasteiger partial charge is 0.333 e. The largest absolute Gasteiger partial charge is 0.489 e. The molecule has 4 rings (SSSR count). The monoisotopic (exact) mass is 572 g/mol. The zero-order chi connectivity index (χ0) is 29.0. The SMILES string of the molecule is CCOC(=O)/C(C)=C/C(C)=C\c1csc([C@H](Cc2ccc(OCc3ccccc3)cc2)NC(=O)C2CCCCC2)n1. The van der Waals surface area contributed by atoms with Gasteiger partial charge in [-0.2, -0.15) is 0 Å². The van der Waals surface area contributed by atoms with Gasteiger partial charge in [-0.3, -0.25) is 4.79 Å². The van der Waals surface area contributed by atoms with Gasteiger partial charge in [0.1, 0.15) is 17.4 Å². The number of rotatable bonds is 12. The number of hydrogen-bond donors (Lipinski definition) is 1. The summed E-state index contributed by atoms with van der Waals surface area (Å²) in [7, 11) is 0. The standard InChI is InChI=1S/C34H40N2O4S/c1-4-39-34(38)25(3)19-24(2)20-29-23-41-33(35-29)31(36-32(37)28-13-9-6-10-14-28)21-26-15-17-30(18-16-26)40-22-27-11-7-5-8-12-27/h5,7-8,11-12,15-20,23,28,31H,4,6,9-10,13-14,21-22H2,1-3H3,(H,36,37)/b24-20-,25-19+/t31-/m0/s1. The van der Waals surface area contributed by atoms with Gasteiger partial charge < -0.3 is 14.8 Å². The molecule has 0 saturated heterocycles. The Kier molecular flexibility index (Phi) is 11.3. The fourth-order valence-corrected chi connectivity index (χ4v) is 5.83. The van der Waals surface area contributed by atoms with Crippen molar-refractivity contribution in [3.8, 4) is 5.75 Å². The van der Waals surface area contributed by atoms with Gasteiger partial charge in [-0.25, -0.2) is 9.78 Å². The maximum atomic E-state index is 13.3. The van der Waals surface area contributed by atoms with Crippen LogP contribution in [0.1, 0.15) is 80.7 Å². The molecule has 1 saturated carbocycles. The fourth-order valence-electron chi connectivity index (χ4n) is 5.00. The average Bonchev–Trinajstić information content (AvgIpc) is 3.45. The van der Waals surface area contributed by atoms with E-state index in [2.05, 4.69) is 17.4 Å². The third-order valence-corrected chi connectivity index (χ3v) is 8.14. The van der Waals surface area contributed by atoms with Gasteiger partial charge in [-0.05, 0) is 81.0 Å². The molecule has 0 radical (unpaired) electrons. The second-order valence-electron chi connectivity index (χ2n) is 10.6. The molecule has 1 aliphatic rings. The molecule has 2 aromatic carbocycles. The van der Waals surface area contributed by atoms with E-state index < -0.39 is 0 Å². The van der Waals surface area contributed by atoms with E-state index in [0.717, 1.165) is 58.8 Å². The second kappa shape index (κ2) is 15.3. The molecule has 41 heavy (non-hydrogen) atoms. The molecule has 6 nitrogen and oxygen atoms in total. The molecule has 1 fully saturated rings. The highest BCUT2D eigenvalue weighted by atomic mass is 32.1. The van der Waals surface area contributed by atoms with E-state index in [1.54, 1.807) is 31.3 Å². The molecule has 1 N–H and O–H groups in total. The molecular formula is C34H40N2O4S. The van der Waals surface area contributed by atoms with Crippen LogP contribution in [0.25, 0.3) is 6.08 Å². The lowest BCUT2D eigenvalue weighted by molar-refractivity contribution is -0.138. The van der Waals surface area contributed by atoms with Crippen molar-refractivity contribution in [2.75, 3.05) is 6.61 Å². The van der Waals surface area contributed by atoms with Crippen LogP contribution in [-0.2, 0) is 27.4 Å². The summed E-state index contributed by atoms with van der Waals surface area (Å²) in [5.41, 5.74) is 4.48. The van der Waals surface area contributed by atoms with Crippen molar-refractivity contribution in [1.82, 2.24) is 10.3 Å². The van der Waals surface area contributed by atoms with Gasteiger partial charge in [0, 0.05) is 16.9 Å². The van der Waals surface area contributed by atoms with Crippen molar-refractivity contribution in [2.45, 2.75) is 71.9 Å². The quantitative estimate of drug-likeness (QED) is 0.137. The number of carbonyl (C=O) groups is 2. The number of nitrogens with zero attached hydrogens (tertiary/aromatic N) is 1. The first-order valence-corrected chi connectivity index (χ1v) is 15.3. The maximum absolute atomic E-state index is 13.3. The minimum Gasteiger partial charge on any atom is -0.489 e. The average molecular weight is 573 g/mol. The third kappa shape index (κ3) is 9.42. The van der Waals surface area contributed by atoms with Crippen LogP contribution in [0.3, 0.4) is 0 Å². The van der Waals surface area contributed by atoms with Gasteiger partial charge in [-0.1, -0.05) is 61.7 Å². The molecule has 1 aliphatic carbocycles. The Hall–Kier alpha value is -3.71. The van der Waals surface area contributed by atoms with Crippen molar-refractivity contribution in [2.24, 2.45) is 5.92 Å². The molecule has 0 unspecified atom stereocenters. The third-order valence-electron chi connectivity index (χ3n) is 7.16. The Morgan fingerprint density at radius 3 is 2.46 bits per heavy atom. The molecule has 0 aliphatic heterocycles. The predicted molar refractivity (Wildman–Crippen MR) is 165 cm³/mol. The second-order valence-corrected chi connectivity index (χ2v) is 11.5. The van der Waals surface area contributed by atoms with Crippen LogP contribution in [0.2, 0.25) is 0 Å². The Morgan fingerprint density at radius 1 is 1.02 bits per heavy atom. The lowest BCUT2D eigenvalue weighted by atomic mass is 9.88. The topological polar surface area (TPSA) is 77.5 Å². The Bertz CT molecular complexity index is 1340. The number of hydrogen-bond acceptors (Lipinski definition) is 6. The summed E-state index contributed by atoms with van der Waals surface area (Å²) in [5.74, 6) is 0.677. The molecule has 1 atom stereocenters. The van der Waals surface area contributed by atoms with Crippen LogP contribution >= 0.6 is 11.3 Å². The van der Waals surface area contributed by atoms with E-state index in [1.807, 2.05) is 60.8 Å². The van der Waals surface area contributed by atoms with Crippen LogP contribution in [0.15, 0.2) is 77.2 Å². The Morgan fingerprint density at radius 2 is 1.76 bits per heavy atom. The lowest BCUT2D eigenvalue weighted by Crippen LogP contribution is -2.35. The first-order chi connectivity index (χ1) is 19.9. The number of carbonyl (C=O) groups excluding carboxylic acids is 2. The number of esters is 1. The van der Waals surface area contributed by atoms with Gasteiger partial charge in [0.15, 0.2) is 0 Å². The van der Waals surface area contributed by atoms with E-state index in [-0.39, 0.29) is 23.8 Å². The molecule has 0 spiro atoms. The van der Waals surface area contributed by atoms with Crippen LogP contribution < -0.4 is 10.1 Å². The molecular weight excluding hydrogens is 532 g/mol. The summed E-state index contributed by atoms with van der Waals surface area (Å²) in [4.78, 5) is 30.1. The zero-order valence-electron chi connectivity index (χ0n) is 24.2. The summed E-state index contributed by atoms with van der Waals surface area (Å²) < 4.78 is 11.0. The van der Waals surface area contributed by atoms with Gasteiger partial charge >= 0.3 is 5.97 Å². The molecule has 216 valence electrons.